The molecular formula is C21H28N4OS. The molecule has 4 rings (SSSR count). The first kappa shape index (κ1) is 18.6. The van der Waals surface area contributed by atoms with Gasteiger partial charge in [-0.05, 0) is 68.1 Å². The van der Waals surface area contributed by atoms with E-state index in [9.17, 15) is 4.79 Å². The van der Waals surface area contributed by atoms with Gasteiger partial charge in [-0.25, -0.2) is 0 Å². The number of rotatable bonds is 5. The standard InChI is InChI=1S/C21H28N4OS/c1-16-20(27-23-22-16)21(26)25-13-9-18(10-14-25)19-8-12-24(15-19)11-7-17-5-3-2-4-6-17/h2-6,18-19H,7-15H2,1H3. The number of hydrogen-bond donors (Lipinski definition) is 0. The minimum atomic E-state index is 0.122. The largest absolute Gasteiger partial charge is 0.338 e. The van der Waals surface area contributed by atoms with E-state index in [1.54, 1.807) is 0 Å². The summed E-state index contributed by atoms with van der Waals surface area (Å²) in [5, 5.41) is 3.97. The number of likely N-dealkylation sites (tertiary alicyclic amines) is 2. The number of amides is 1. The molecule has 27 heavy (non-hydrogen) atoms. The van der Waals surface area contributed by atoms with Crippen LogP contribution in [0.25, 0.3) is 0 Å². The predicted molar refractivity (Wildman–Crippen MR) is 108 cm³/mol. The van der Waals surface area contributed by atoms with Crippen LogP contribution < -0.4 is 0 Å². The van der Waals surface area contributed by atoms with Gasteiger partial charge in [0.25, 0.3) is 5.91 Å². The molecule has 0 N–H and O–H groups in total. The van der Waals surface area contributed by atoms with E-state index in [2.05, 4.69) is 44.8 Å². The van der Waals surface area contributed by atoms with Gasteiger partial charge >= 0.3 is 0 Å². The molecule has 5 nitrogen and oxygen atoms in total. The highest BCUT2D eigenvalue weighted by molar-refractivity contribution is 7.07. The van der Waals surface area contributed by atoms with Gasteiger partial charge in [-0.3, -0.25) is 4.79 Å². The van der Waals surface area contributed by atoms with Crippen LogP contribution in [0.1, 0.15) is 40.2 Å². The Labute approximate surface area is 165 Å². The summed E-state index contributed by atoms with van der Waals surface area (Å²) in [5.74, 6) is 1.68. The fraction of sp³-hybridized carbons (Fsp3) is 0.571. The smallest absolute Gasteiger partial charge is 0.267 e. The van der Waals surface area contributed by atoms with E-state index in [1.807, 2.05) is 11.8 Å². The fourth-order valence-electron chi connectivity index (χ4n) is 4.53. The van der Waals surface area contributed by atoms with Gasteiger partial charge in [0.1, 0.15) is 4.88 Å². The van der Waals surface area contributed by atoms with Crippen molar-refractivity contribution in [3.8, 4) is 0 Å². The summed E-state index contributed by atoms with van der Waals surface area (Å²) in [7, 11) is 0. The number of piperidine rings is 1. The van der Waals surface area contributed by atoms with Crippen molar-refractivity contribution < 1.29 is 4.79 Å². The van der Waals surface area contributed by atoms with Crippen LogP contribution in [0.5, 0.6) is 0 Å². The summed E-state index contributed by atoms with van der Waals surface area (Å²) in [6.45, 7) is 7.23. The van der Waals surface area contributed by atoms with Gasteiger partial charge in [-0.1, -0.05) is 34.8 Å². The predicted octanol–water partition coefficient (Wildman–Crippen LogP) is 3.26. The highest BCUT2D eigenvalue weighted by Gasteiger charge is 2.33. The summed E-state index contributed by atoms with van der Waals surface area (Å²) in [6.07, 6.45) is 4.72. The second-order valence-electron chi connectivity index (χ2n) is 7.90. The summed E-state index contributed by atoms with van der Waals surface area (Å²) in [6, 6.07) is 10.8. The molecule has 3 heterocycles. The Bertz CT molecular complexity index is 755. The van der Waals surface area contributed by atoms with E-state index in [4.69, 9.17) is 0 Å². The lowest BCUT2D eigenvalue weighted by atomic mass is 9.83. The number of benzene rings is 1. The van der Waals surface area contributed by atoms with Gasteiger partial charge in [-0.15, -0.1) is 5.10 Å². The second-order valence-corrected chi connectivity index (χ2v) is 8.66. The Morgan fingerprint density at radius 1 is 1.11 bits per heavy atom. The molecule has 0 radical (unpaired) electrons. The molecule has 0 bridgehead atoms. The maximum Gasteiger partial charge on any atom is 0.267 e. The molecule has 0 aliphatic carbocycles. The van der Waals surface area contributed by atoms with Gasteiger partial charge in [-0.2, -0.15) is 0 Å². The van der Waals surface area contributed by atoms with Crippen LogP contribution in [0, 0.1) is 18.8 Å². The summed E-state index contributed by atoms with van der Waals surface area (Å²) < 4.78 is 3.90. The second kappa shape index (κ2) is 8.48. The number of nitrogens with zero attached hydrogens (tertiary/aromatic N) is 4. The van der Waals surface area contributed by atoms with E-state index in [0.29, 0.717) is 4.88 Å². The first-order chi connectivity index (χ1) is 13.2. The van der Waals surface area contributed by atoms with E-state index < -0.39 is 0 Å². The zero-order chi connectivity index (χ0) is 18.6. The van der Waals surface area contributed by atoms with E-state index >= 15 is 0 Å². The summed E-state index contributed by atoms with van der Waals surface area (Å²) >= 11 is 1.22. The van der Waals surface area contributed by atoms with Crippen molar-refractivity contribution in [3.63, 3.8) is 0 Å². The molecule has 1 aromatic carbocycles. The molecule has 2 aliphatic heterocycles. The first-order valence-electron chi connectivity index (χ1n) is 10.0. The third-order valence-electron chi connectivity index (χ3n) is 6.21. The number of hydrogen-bond acceptors (Lipinski definition) is 5. The monoisotopic (exact) mass is 384 g/mol. The summed E-state index contributed by atoms with van der Waals surface area (Å²) in [4.78, 5) is 18.0. The SMILES string of the molecule is Cc1nnsc1C(=O)N1CCC(C2CCN(CCc3ccccc3)C2)CC1. The Balaban J connectivity index is 1.23. The van der Waals surface area contributed by atoms with E-state index in [1.165, 1.54) is 36.6 Å². The Morgan fingerprint density at radius 3 is 2.56 bits per heavy atom. The maximum absolute atomic E-state index is 12.6. The molecule has 1 amide bonds. The fourth-order valence-corrected chi connectivity index (χ4v) is 5.15. The molecule has 1 aromatic heterocycles. The Morgan fingerprint density at radius 2 is 1.85 bits per heavy atom. The molecule has 2 aromatic rings. The zero-order valence-electron chi connectivity index (χ0n) is 16.0. The number of carbonyl (C=O) groups is 1. The normalized spacial score (nSPS) is 21.7. The Hall–Kier alpha value is -1.79. The zero-order valence-corrected chi connectivity index (χ0v) is 16.8. The third kappa shape index (κ3) is 4.38. The van der Waals surface area contributed by atoms with Crippen molar-refractivity contribution in [2.75, 3.05) is 32.7 Å². The molecule has 1 unspecified atom stereocenters. The van der Waals surface area contributed by atoms with Crippen molar-refractivity contribution >= 4 is 17.4 Å². The van der Waals surface area contributed by atoms with Crippen LogP contribution in [0.3, 0.4) is 0 Å². The number of aromatic nitrogens is 2. The Kier molecular flexibility index (Phi) is 5.83. The van der Waals surface area contributed by atoms with E-state index in [0.717, 1.165) is 56.4 Å². The maximum atomic E-state index is 12.6. The molecular weight excluding hydrogens is 356 g/mol. The molecule has 0 saturated carbocycles. The molecule has 2 saturated heterocycles. The van der Waals surface area contributed by atoms with Crippen molar-refractivity contribution in [1.29, 1.82) is 0 Å². The van der Waals surface area contributed by atoms with Gasteiger partial charge in [0.05, 0.1) is 5.69 Å². The minimum Gasteiger partial charge on any atom is -0.338 e. The van der Waals surface area contributed by atoms with Crippen molar-refractivity contribution in [2.24, 2.45) is 11.8 Å². The van der Waals surface area contributed by atoms with Gasteiger partial charge in [0.2, 0.25) is 0 Å². The van der Waals surface area contributed by atoms with Gasteiger partial charge in [0.15, 0.2) is 0 Å². The topological polar surface area (TPSA) is 49.3 Å². The van der Waals surface area contributed by atoms with Crippen molar-refractivity contribution in [1.82, 2.24) is 19.4 Å². The van der Waals surface area contributed by atoms with Crippen LogP contribution in [-0.4, -0.2) is 58.0 Å². The lowest BCUT2D eigenvalue weighted by Crippen LogP contribution is -2.40. The van der Waals surface area contributed by atoms with Crippen LogP contribution in [-0.2, 0) is 6.42 Å². The average molecular weight is 385 g/mol. The number of carbonyl (C=O) groups excluding carboxylic acids is 1. The molecule has 6 heteroatoms. The first-order valence-corrected chi connectivity index (χ1v) is 10.8. The minimum absolute atomic E-state index is 0.122. The third-order valence-corrected chi connectivity index (χ3v) is 7.02. The van der Waals surface area contributed by atoms with Gasteiger partial charge < -0.3 is 9.80 Å². The molecule has 1 atom stereocenters. The highest BCUT2D eigenvalue weighted by Crippen LogP contribution is 2.32. The molecule has 2 fully saturated rings. The van der Waals surface area contributed by atoms with Crippen LogP contribution in [0.15, 0.2) is 30.3 Å². The van der Waals surface area contributed by atoms with Crippen LogP contribution in [0.4, 0.5) is 0 Å². The van der Waals surface area contributed by atoms with Crippen LogP contribution in [0.2, 0.25) is 0 Å². The van der Waals surface area contributed by atoms with Crippen molar-refractivity contribution in [3.05, 3.63) is 46.5 Å². The average Bonchev–Trinajstić information content (AvgIpc) is 3.36. The summed E-state index contributed by atoms with van der Waals surface area (Å²) in [5.41, 5.74) is 2.19. The highest BCUT2D eigenvalue weighted by atomic mass is 32.1. The van der Waals surface area contributed by atoms with Crippen molar-refractivity contribution in [2.45, 2.75) is 32.6 Å². The lowest BCUT2D eigenvalue weighted by molar-refractivity contribution is 0.0663. The van der Waals surface area contributed by atoms with Crippen LogP contribution >= 0.6 is 11.5 Å². The van der Waals surface area contributed by atoms with Gasteiger partial charge in [0, 0.05) is 26.2 Å². The van der Waals surface area contributed by atoms with E-state index in [-0.39, 0.29) is 5.91 Å². The lowest BCUT2D eigenvalue weighted by Gasteiger charge is -2.34. The molecule has 2 aliphatic rings. The quantitative estimate of drug-likeness (QED) is 0.794. The molecule has 144 valence electrons. The molecule has 0 spiro atoms. The number of aryl methyl sites for hydroxylation is 1.